The van der Waals surface area contributed by atoms with Crippen LogP contribution in [0.2, 0.25) is 18.1 Å². The van der Waals surface area contributed by atoms with E-state index in [4.69, 9.17) is 0 Å². The molecule has 0 amide bonds. The van der Waals surface area contributed by atoms with Crippen LogP contribution < -0.4 is 0 Å². The molecule has 32 heavy (non-hydrogen) atoms. The quantitative estimate of drug-likeness (QED) is 0.156. The molecule has 0 rings (SSSR count). The third-order valence-corrected chi connectivity index (χ3v) is 10.8. The molecule has 0 spiro atoms. The highest BCUT2D eigenvalue weighted by atomic mass is 28.4. The monoisotopic (exact) mass is 468 g/mol. The van der Waals surface area contributed by atoms with Gasteiger partial charge < -0.3 is 4.80 Å². The summed E-state index contributed by atoms with van der Waals surface area (Å²) in [6, 6.07) is 3.48. The molecule has 0 fully saturated rings. The molecular weight excluding hydrogens is 404 g/mol. The SMILES string of the molecule is CC(C)(C)CCCCCC[Si](O)(CCCCCCC(C)(C)C)CCCCCCC(C)(C)C. The minimum atomic E-state index is -2.04. The Bertz CT molecular complexity index is 371. The lowest BCUT2D eigenvalue weighted by molar-refractivity contribution is 0.356. The third kappa shape index (κ3) is 23.3. The summed E-state index contributed by atoms with van der Waals surface area (Å²) < 4.78 is 0. The van der Waals surface area contributed by atoms with Crippen molar-refractivity contribution in [1.29, 1.82) is 0 Å². The number of hydrogen-bond donors (Lipinski definition) is 1. The summed E-state index contributed by atoms with van der Waals surface area (Å²) in [7, 11) is -2.04. The highest BCUT2D eigenvalue weighted by Gasteiger charge is 2.29. The van der Waals surface area contributed by atoms with Crippen molar-refractivity contribution in [3.05, 3.63) is 0 Å². The van der Waals surface area contributed by atoms with Crippen molar-refractivity contribution < 1.29 is 4.80 Å². The summed E-state index contributed by atoms with van der Waals surface area (Å²) >= 11 is 0. The third-order valence-electron chi connectivity index (χ3n) is 6.96. The van der Waals surface area contributed by atoms with Gasteiger partial charge in [0.05, 0.1) is 0 Å². The Hall–Kier alpha value is 0.177. The van der Waals surface area contributed by atoms with E-state index in [9.17, 15) is 4.80 Å². The Kier molecular flexibility index (Phi) is 16.0. The van der Waals surface area contributed by atoms with Gasteiger partial charge in [0.25, 0.3) is 0 Å². The molecule has 1 N–H and O–H groups in total. The lowest BCUT2D eigenvalue weighted by Gasteiger charge is -2.26. The average molecular weight is 469 g/mol. The Balaban J connectivity index is 4.28. The Morgan fingerprint density at radius 3 is 0.812 bits per heavy atom. The Labute approximate surface area is 206 Å². The molecule has 1 nitrogen and oxygen atoms in total. The number of unbranched alkanes of at least 4 members (excludes halogenated alkanes) is 9. The average Bonchev–Trinajstić information content (AvgIpc) is 2.61. The lowest BCUT2D eigenvalue weighted by Crippen LogP contribution is -2.34. The van der Waals surface area contributed by atoms with Gasteiger partial charge in [-0.2, -0.15) is 0 Å². The molecule has 0 aliphatic carbocycles. The largest absolute Gasteiger partial charge is 0.432 e. The van der Waals surface area contributed by atoms with Crippen LogP contribution in [0.25, 0.3) is 0 Å². The van der Waals surface area contributed by atoms with Crippen molar-refractivity contribution in [2.45, 2.75) is 177 Å². The number of rotatable bonds is 18. The summed E-state index contributed by atoms with van der Waals surface area (Å²) in [6.45, 7) is 21.1. The maximum absolute atomic E-state index is 11.6. The predicted molar refractivity (Wildman–Crippen MR) is 150 cm³/mol. The molecule has 0 unspecified atom stereocenters. The molecule has 0 atom stereocenters. The smallest absolute Gasteiger partial charge is 0.188 e. The van der Waals surface area contributed by atoms with Crippen LogP contribution in [0, 0.1) is 16.2 Å². The van der Waals surface area contributed by atoms with Crippen LogP contribution in [-0.2, 0) is 0 Å². The van der Waals surface area contributed by atoms with Gasteiger partial charge in [0.15, 0.2) is 8.32 Å². The summed E-state index contributed by atoms with van der Waals surface area (Å²) in [5.74, 6) is 0. The molecule has 0 radical (unpaired) electrons. The van der Waals surface area contributed by atoms with Gasteiger partial charge in [-0.15, -0.1) is 0 Å². The lowest BCUT2D eigenvalue weighted by atomic mass is 9.89. The van der Waals surface area contributed by atoms with Gasteiger partial charge in [0.2, 0.25) is 0 Å². The molecule has 0 aromatic heterocycles. The van der Waals surface area contributed by atoms with Gasteiger partial charge in [-0.25, -0.2) is 0 Å². The maximum atomic E-state index is 11.6. The van der Waals surface area contributed by atoms with E-state index in [1.165, 1.54) is 96.3 Å². The zero-order chi connectivity index (χ0) is 24.7. The van der Waals surface area contributed by atoms with Gasteiger partial charge in [-0.05, 0) is 53.6 Å². The number of hydrogen-bond acceptors (Lipinski definition) is 1. The first-order valence-electron chi connectivity index (χ1n) is 14.3. The van der Waals surface area contributed by atoms with Crippen molar-refractivity contribution in [2.24, 2.45) is 16.2 Å². The molecule has 0 bridgehead atoms. The molecule has 2 heteroatoms. The summed E-state index contributed by atoms with van der Waals surface area (Å²) in [4.78, 5) is 11.6. The molecule has 0 heterocycles. The van der Waals surface area contributed by atoms with E-state index in [-0.39, 0.29) is 0 Å². The van der Waals surface area contributed by atoms with E-state index in [2.05, 4.69) is 62.3 Å². The first-order chi connectivity index (χ1) is 14.6. The van der Waals surface area contributed by atoms with Crippen molar-refractivity contribution in [3.63, 3.8) is 0 Å². The molecule has 0 aromatic rings. The van der Waals surface area contributed by atoms with E-state index in [1.807, 2.05) is 0 Å². The second kappa shape index (κ2) is 16.0. The summed E-state index contributed by atoms with van der Waals surface area (Å²) in [5.41, 5.74) is 1.40. The summed E-state index contributed by atoms with van der Waals surface area (Å²) in [6.07, 6.45) is 19.9. The highest BCUT2D eigenvalue weighted by Crippen LogP contribution is 2.30. The zero-order valence-corrected chi connectivity index (χ0v) is 25.2. The van der Waals surface area contributed by atoms with E-state index in [1.54, 1.807) is 0 Å². The topological polar surface area (TPSA) is 20.2 Å². The van der Waals surface area contributed by atoms with Gasteiger partial charge in [-0.1, -0.05) is 139 Å². The first kappa shape index (κ1) is 32.2. The molecule has 0 aliphatic rings. The first-order valence-corrected chi connectivity index (χ1v) is 16.9. The van der Waals surface area contributed by atoms with E-state index < -0.39 is 8.32 Å². The van der Waals surface area contributed by atoms with Crippen LogP contribution in [-0.4, -0.2) is 13.1 Å². The van der Waals surface area contributed by atoms with Crippen LogP contribution in [0.15, 0.2) is 0 Å². The van der Waals surface area contributed by atoms with Crippen molar-refractivity contribution >= 4 is 8.32 Å². The van der Waals surface area contributed by atoms with Crippen LogP contribution in [0.1, 0.15) is 159 Å². The van der Waals surface area contributed by atoms with Gasteiger partial charge >= 0.3 is 0 Å². The van der Waals surface area contributed by atoms with Crippen LogP contribution in [0.5, 0.6) is 0 Å². The van der Waals surface area contributed by atoms with E-state index in [0.29, 0.717) is 16.2 Å². The van der Waals surface area contributed by atoms with Gasteiger partial charge in [0.1, 0.15) is 0 Å². The van der Waals surface area contributed by atoms with Crippen LogP contribution in [0.4, 0.5) is 0 Å². The highest BCUT2D eigenvalue weighted by molar-refractivity contribution is 6.72. The minimum Gasteiger partial charge on any atom is -0.432 e. The van der Waals surface area contributed by atoms with Crippen LogP contribution >= 0.6 is 0 Å². The van der Waals surface area contributed by atoms with Crippen molar-refractivity contribution in [2.75, 3.05) is 0 Å². The normalized spacial score (nSPS) is 13.7. The molecule has 0 aliphatic heterocycles. The van der Waals surface area contributed by atoms with E-state index in [0.717, 1.165) is 18.1 Å². The molecule has 0 saturated heterocycles. The van der Waals surface area contributed by atoms with Gasteiger partial charge in [0, 0.05) is 0 Å². The van der Waals surface area contributed by atoms with E-state index >= 15 is 0 Å². The second-order valence-corrected chi connectivity index (χ2v) is 18.6. The second-order valence-electron chi connectivity index (χ2n) is 14.6. The standard InChI is InChI=1S/C30H64OSi/c1-28(2,3)22-16-10-13-19-25-32(31,26-20-14-11-17-23-29(4,5)6)27-21-15-12-18-24-30(7,8)9/h31H,10-27H2,1-9H3. The zero-order valence-electron chi connectivity index (χ0n) is 24.2. The molecule has 0 saturated carbocycles. The molecule has 194 valence electrons. The van der Waals surface area contributed by atoms with Gasteiger partial charge in [-0.3, -0.25) is 0 Å². The fourth-order valence-electron chi connectivity index (χ4n) is 4.76. The summed E-state index contributed by atoms with van der Waals surface area (Å²) in [5, 5.41) is 0. The Morgan fingerprint density at radius 2 is 0.594 bits per heavy atom. The Morgan fingerprint density at radius 1 is 0.375 bits per heavy atom. The molecule has 0 aromatic carbocycles. The molecular formula is C30H64OSi. The minimum absolute atomic E-state index is 0.468. The van der Waals surface area contributed by atoms with Crippen molar-refractivity contribution in [1.82, 2.24) is 0 Å². The fourth-order valence-corrected chi connectivity index (χ4v) is 8.24. The maximum Gasteiger partial charge on any atom is 0.188 e. The van der Waals surface area contributed by atoms with Crippen LogP contribution in [0.3, 0.4) is 0 Å². The predicted octanol–water partition coefficient (Wildman–Crippen LogP) is 10.9. The van der Waals surface area contributed by atoms with Crippen molar-refractivity contribution in [3.8, 4) is 0 Å². The fraction of sp³-hybridized carbons (Fsp3) is 1.00.